The molecule has 0 N–H and O–H groups in total. The zero-order valence-electron chi connectivity index (χ0n) is 16.8. The maximum absolute atomic E-state index is 13.3. The fraction of sp³-hybridized carbons (Fsp3) is 0.409. The van der Waals surface area contributed by atoms with Gasteiger partial charge in [0.15, 0.2) is 0 Å². The second kappa shape index (κ2) is 9.29. The Morgan fingerprint density at radius 1 is 1.27 bits per heavy atom. The van der Waals surface area contributed by atoms with E-state index in [0.29, 0.717) is 24.6 Å². The summed E-state index contributed by atoms with van der Waals surface area (Å²) in [4.78, 5) is 28.6. The number of thiophene rings is 1. The number of hydrogen-bond acceptors (Lipinski definition) is 5. The van der Waals surface area contributed by atoms with Gasteiger partial charge in [-0.05, 0) is 42.0 Å². The Labute approximate surface area is 185 Å². The van der Waals surface area contributed by atoms with Crippen molar-refractivity contribution in [3.05, 3.63) is 57.2 Å². The van der Waals surface area contributed by atoms with E-state index in [4.69, 9.17) is 16.3 Å². The fourth-order valence-electron chi connectivity index (χ4n) is 3.57. The molecule has 1 aliphatic carbocycles. The fourth-order valence-corrected chi connectivity index (χ4v) is 4.42. The molecule has 0 spiro atoms. The number of methoxy groups -OCH3 is 1. The molecule has 2 aliphatic rings. The van der Waals surface area contributed by atoms with Gasteiger partial charge >= 0.3 is 0 Å². The van der Waals surface area contributed by atoms with Crippen LogP contribution in [-0.4, -0.2) is 54.2 Å². The molecule has 2 heterocycles. The molecule has 1 atom stereocenters. The highest BCUT2D eigenvalue weighted by molar-refractivity contribution is 7.12. The quantitative estimate of drug-likeness (QED) is 0.617. The van der Waals surface area contributed by atoms with Crippen LogP contribution in [0.3, 0.4) is 0 Å². The van der Waals surface area contributed by atoms with E-state index < -0.39 is 0 Å². The van der Waals surface area contributed by atoms with Crippen LogP contribution in [0.5, 0.6) is 0 Å². The Balaban J connectivity index is 1.57. The minimum Gasteiger partial charge on any atom is -0.383 e. The van der Waals surface area contributed by atoms with Crippen LogP contribution in [-0.2, 0) is 14.3 Å². The third-order valence-corrected chi connectivity index (χ3v) is 6.53. The molecule has 4 rings (SSSR count). The number of carbonyl (C=O) groups is 2. The van der Waals surface area contributed by atoms with Crippen LogP contribution in [0.1, 0.15) is 35.7 Å². The number of nitrogens with zero attached hydrogens (tertiary/aromatic N) is 3. The molecule has 2 aromatic rings. The molecule has 0 bridgehead atoms. The molecule has 0 radical (unpaired) electrons. The zero-order valence-corrected chi connectivity index (χ0v) is 18.4. The average molecular weight is 446 g/mol. The first kappa shape index (κ1) is 21.0. The zero-order chi connectivity index (χ0) is 21.1. The Bertz CT molecular complexity index is 926. The van der Waals surface area contributed by atoms with Crippen molar-refractivity contribution < 1.29 is 14.3 Å². The molecule has 1 saturated carbocycles. The maximum atomic E-state index is 13.3. The molecule has 1 fully saturated rings. The van der Waals surface area contributed by atoms with Crippen molar-refractivity contribution in [2.24, 2.45) is 11.0 Å². The number of hydrogen-bond donors (Lipinski definition) is 0. The Morgan fingerprint density at radius 3 is 2.67 bits per heavy atom. The summed E-state index contributed by atoms with van der Waals surface area (Å²) >= 11 is 7.66. The maximum Gasteiger partial charge on any atom is 0.262 e. The van der Waals surface area contributed by atoms with Crippen molar-refractivity contribution >= 4 is 40.5 Å². The highest BCUT2D eigenvalue weighted by Crippen LogP contribution is 2.35. The summed E-state index contributed by atoms with van der Waals surface area (Å²) in [6.07, 6.45) is 2.42. The van der Waals surface area contributed by atoms with Crippen molar-refractivity contribution in [2.45, 2.75) is 25.3 Å². The Morgan fingerprint density at radius 2 is 2.03 bits per heavy atom. The monoisotopic (exact) mass is 445 g/mol. The number of halogens is 1. The molecular formula is C22H24ClN3O3S. The van der Waals surface area contributed by atoms with Gasteiger partial charge in [-0.1, -0.05) is 29.8 Å². The van der Waals surface area contributed by atoms with Crippen molar-refractivity contribution in [2.75, 3.05) is 26.8 Å². The van der Waals surface area contributed by atoms with Crippen molar-refractivity contribution in [1.29, 1.82) is 0 Å². The van der Waals surface area contributed by atoms with Crippen LogP contribution in [0, 0.1) is 5.92 Å². The highest BCUT2D eigenvalue weighted by atomic mass is 35.5. The lowest BCUT2D eigenvalue weighted by molar-refractivity contribution is -0.142. The van der Waals surface area contributed by atoms with E-state index in [1.165, 1.54) is 5.01 Å². The lowest BCUT2D eigenvalue weighted by atomic mass is 10.0. The predicted molar refractivity (Wildman–Crippen MR) is 118 cm³/mol. The second-order valence-corrected chi connectivity index (χ2v) is 8.94. The van der Waals surface area contributed by atoms with E-state index in [1.54, 1.807) is 23.3 Å². The van der Waals surface area contributed by atoms with E-state index in [1.807, 2.05) is 41.8 Å². The van der Waals surface area contributed by atoms with E-state index in [-0.39, 0.29) is 30.3 Å². The van der Waals surface area contributed by atoms with Gasteiger partial charge in [-0.15, -0.1) is 11.3 Å². The third kappa shape index (κ3) is 4.74. The summed E-state index contributed by atoms with van der Waals surface area (Å²) in [7, 11) is 1.59. The summed E-state index contributed by atoms with van der Waals surface area (Å²) < 4.78 is 5.14. The van der Waals surface area contributed by atoms with Crippen molar-refractivity contribution in [3.8, 4) is 0 Å². The standard InChI is InChI=1S/C22H24ClN3O3S/c1-29-11-10-25(22(28)16-4-5-16)14-21(27)26-19(15-6-8-17(23)9-7-15)13-18(24-26)20-3-2-12-30-20/h2-3,6-9,12,16,19H,4-5,10-11,13-14H2,1H3. The van der Waals surface area contributed by atoms with Gasteiger partial charge in [0.25, 0.3) is 5.91 Å². The molecule has 0 saturated heterocycles. The van der Waals surface area contributed by atoms with Gasteiger partial charge in [-0.25, -0.2) is 5.01 Å². The first-order valence-corrected chi connectivity index (χ1v) is 11.3. The lowest BCUT2D eigenvalue weighted by Crippen LogP contribution is -2.43. The van der Waals surface area contributed by atoms with Crippen LogP contribution >= 0.6 is 22.9 Å². The van der Waals surface area contributed by atoms with Gasteiger partial charge in [-0.3, -0.25) is 9.59 Å². The average Bonchev–Trinajstić information content (AvgIpc) is 3.26. The number of hydrazone groups is 1. The minimum absolute atomic E-state index is 0.00397. The molecule has 2 amide bonds. The summed E-state index contributed by atoms with van der Waals surface area (Å²) in [6.45, 7) is 0.804. The summed E-state index contributed by atoms with van der Waals surface area (Å²) in [5.74, 6) is -0.109. The number of amides is 2. The molecule has 158 valence electrons. The second-order valence-electron chi connectivity index (χ2n) is 7.56. The number of benzene rings is 1. The normalized spacial score (nSPS) is 18.4. The molecule has 1 unspecified atom stereocenters. The lowest BCUT2D eigenvalue weighted by Gasteiger charge is -2.27. The molecule has 6 nitrogen and oxygen atoms in total. The van der Waals surface area contributed by atoms with Crippen LogP contribution in [0.2, 0.25) is 5.02 Å². The first-order chi connectivity index (χ1) is 14.6. The van der Waals surface area contributed by atoms with Crippen LogP contribution in [0.25, 0.3) is 0 Å². The number of rotatable bonds is 8. The molecular weight excluding hydrogens is 422 g/mol. The van der Waals surface area contributed by atoms with Crippen LogP contribution < -0.4 is 0 Å². The summed E-state index contributed by atoms with van der Waals surface area (Å²) in [5.41, 5.74) is 1.86. The highest BCUT2D eigenvalue weighted by Gasteiger charge is 2.37. The molecule has 8 heteroatoms. The molecule has 30 heavy (non-hydrogen) atoms. The number of carbonyl (C=O) groups excluding carboxylic acids is 2. The van der Waals surface area contributed by atoms with Gasteiger partial charge < -0.3 is 9.64 Å². The smallest absolute Gasteiger partial charge is 0.262 e. The van der Waals surface area contributed by atoms with Gasteiger partial charge in [0.05, 0.1) is 23.2 Å². The molecule has 1 aromatic carbocycles. The van der Waals surface area contributed by atoms with E-state index in [2.05, 4.69) is 5.10 Å². The van der Waals surface area contributed by atoms with Gasteiger partial charge in [0.1, 0.15) is 6.54 Å². The SMILES string of the molecule is COCCN(CC(=O)N1N=C(c2cccs2)CC1c1ccc(Cl)cc1)C(=O)C1CC1. The van der Waals surface area contributed by atoms with Crippen LogP contribution in [0.15, 0.2) is 46.9 Å². The molecule has 1 aliphatic heterocycles. The largest absolute Gasteiger partial charge is 0.383 e. The van der Waals surface area contributed by atoms with Crippen molar-refractivity contribution in [1.82, 2.24) is 9.91 Å². The van der Waals surface area contributed by atoms with E-state index >= 15 is 0 Å². The molecule has 1 aromatic heterocycles. The van der Waals surface area contributed by atoms with Gasteiger partial charge in [-0.2, -0.15) is 5.10 Å². The first-order valence-electron chi connectivity index (χ1n) is 10.0. The van der Waals surface area contributed by atoms with Gasteiger partial charge in [0, 0.05) is 31.0 Å². The Kier molecular flexibility index (Phi) is 6.51. The minimum atomic E-state index is -0.216. The van der Waals surface area contributed by atoms with Gasteiger partial charge in [0.2, 0.25) is 5.91 Å². The van der Waals surface area contributed by atoms with Crippen LogP contribution in [0.4, 0.5) is 0 Å². The van der Waals surface area contributed by atoms with E-state index in [9.17, 15) is 9.59 Å². The summed E-state index contributed by atoms with van der Waals surface area (Å²) in [5, 5.41) is 8.86. The predicted octanol–water partition coefficient (Wildman–Crippen LogP) is 3.96. The topological polar surface area (TPSA) is 62.2 Å². The van der Waals surface area contributed by atoms with Crippen molar-refractivity contribution in [3.63, 3.8) is 0 Å². The summed E-state index contributed by atoms with van der Waals surface area (Å²) in [6, 6.07) is 11.3. The Hall–Kier alpha value is -2.22. The number of ether oxygens (including phenoxy) is 1. The van der Waals surface area contributed by atoms with E-state index in [0.717, 1.165) is 29.0 Å². The third-order valence-electron chi connectivity index (χ3n) is 5.36.